The molecule has 0 rings (SSSR count). The number of thioether (sulfide) groups is 1. The van der Waals surface area contributed by atoms with Crippen LogP contribution in [0.3, 0.4) is 0 Å². The van der Waals surface area contributed by atoms with E-state index in [9.17, 15) is 19.2 Å². The van der Waals surface area contributed by atoms with E-state index in [2.05, 4.69) is 11.4 Å². The van der Waals surface area contributed by atoms with Gasteiger partial charge in [0.1, 0.15) is 18.4 Å². The van der Waals surface area contributed by atoms with Crippen molar-refractivity contribution in [1.82, 2.24) is 5.32 Å². The largest absolute Gasteiger partial charge is 0.467 e. The molecule has 0 saturated carbocycles. The van der Waals surface area contributed by atoms with Gasteiger partial charge in [-0.25, -0.2) is 4.79 Å². The van der Waals surface area contributed by atoms with Crippen LogP contribution in [0.4, 0.5) is 0 Å². The summed E-state index contributed by atoms with van der Waals surface area (Å²) >= 11 is 1.45. The van der Waals surface area contributed by atoms with Crippen molar-refractivity contribution >= 4 is 35.4 Å². The number of esters is 2. The number of Topliss-reactive ketones (excluding diaryl/α,β-unsaturated/α-hetero) is 1. The van der Waals surface area contributed by atoms with Crippen molar-refractivity contribution in [1.29, 1.82) is 0 Å². The molecule has 7 nitrogen and oxygen atoms in total. The molecule has 0 aliphatic heterocycles. The molecule has 0 saturated heterocycles. The fourth-order valence-electron chi connectivity index (χ4n) is 2.63. The van der Waals surface area contributed by atoms with Crippen molar-refractivity contribution in [2.45, 2.75) is 66.3 Å². The number of carbonyl (C=O) groups is 4. The lowest BCUT2D eigenvalue weighted by Crippen LogP contribution is -2.42. The SMILES string of the molecule is COC(=O)C(CSCC(C)C(=O)CC/C(C)=C\CC/C(C)=C\COC(C)=O)NC(C)=O. The molecule has 0 bridgehead atoms. The summed E-state index contributed by atoms with van der Waals surface area (Å²) in [6.07, 6.45) is 7.02. The number of hydrogen-bond acceptors (Lipinski definition) is 7. The van der Waals surface area contributed by atoms with Crippen LogP contribution in [0.5, 0.6) is 0 Å². The van der Waals surface area contributed by atoms with Gasteiger partial charge in [0.25, 0.3) is 0 Å². The third-order valence-corrected chi connectivity index (χ3v) is 5.89. The zero-order valence-electron chi connectivity index (χ0n) is 19.6. The van der Waals surface area contributed by atoms with E-state index in [0.29, 0.717) is 24.5 Å². The zero-order valence-corrected chi connectivity index (χ0v) is 20.4. The van der Waals surface area contributed by atoms with Crippen molar-refractivity contribution < 1.29 is 28.7 Å². The molecule has 1 amide bonds. The Morgan fingerprint density at radius 2 is 1.58 bits per heavy atom. The van der Waals surface area contributed by atoms with Crippen LogP contribution in [0.25, 0.3) is 0 Å². The van der Waals surface area contributed by atoms with Crippen LogP contribution in [0.1, 0.15) is 60.3 Å². The van der Waals surface area contributed by atoms with Crippen LogP contribution in [0.15, 0.2) is 23.3 Å². The van der Waals surface area contributed by atoms with E-state index in [-0.39, 0.29) is 23.6 Å². The predicted molar refractivity (Wildman–Crippen MR) is 124 cm³/mol. The van der Waals surface area contributed by atoms with E-state index in [0.717, 1.165) is 24.8 Å². The van der Waals surface area contributed by atoms with Gasteiger partial charge >= 0.3 is 11.9 Å². The topological polar surface area (TPSA) is 98.8 Å². The molecule has 0 aliphatic carbocycles. The van der Waals surface area contributed by atoms with Crippen molar-refractivity contribution in [3.05, 3.63) is 23.3 Å². The van der Waals surface area contributed by atoms with E-state index in [1.807, 2.05) is 26.8 Å². The van der Waals surface area contributed by atoms with Gasteiger partial charge in [-0.2, -0.15) is 11.8 Å². The molecule has 2 unspecified atom stereocenters. The van der Waals surface area contributed by atoms with Crippen LogP contribution >= 0.6 is 11.8 Å². The van der Waals surface area contributed by atoms with Gasteiger partial charge in [0.15, 0.2) is 0 Å². The van der Waals surface area contributed by atoms with Crippen molar-refractivity contribution in [2.75, 3.05) is 25.2 Å². The zero-order chi connectivity index (χ0) is 23.8. The first-order chi connectivity index (χ1) is 14.6. The van der Waals surface area contributed by atoms with E-state index in [1.54, 1.807) is 0 Å². The van der Waals surface area contributed by atoms with Gasteiger partial charge in [0, 0.05) is 37.7 Å². The molecule has 1 N–H and O–H groups in total. The number of hydrogen-bond donors (Lipinski definition) is 1. The number of methoxy groups -OCH3 is 1. The first kappa shape index (κ1) is 28.9. The Balaban J connectivity index is 4.25. The second kappa shape index (κ2) is 16.6. The Hall–Kier alpha value is -2.09. The molecule has 0 fully saturated rings. The number of carbonyl (C=O) groups excluding carboxylic acids is 4. The number of ether oxygens (including phenoxy) is 2. The molecule has 0 radical (unpaired) electrons. The third-order valence-electron chi connectivity index (χ3n) is 4.58. The predicted octanol–water partition coefficient (Wildman–Crippen LogP) is 3.62. The van der Waals surface area contributed by atoms with Gasteiger partial charge in [-0.3, -0.25) is 14.4 Å². The van der Waals surface area contributed by atoms with Crippen LogP contribution in [0.2, 0.25) is 0 Å². The normalized spacial score (nSPS) is 13.9. The standard InChI is InChI=1S/C23H37NO6S/c1-16(8-7-9-17(2)12-13-30-20(5)26)10-11-22(27)18(3)14-31-15-21(23(28)29-6)24-19(4)25/h8,12,18,21H,7,9-11,13-15H2,1-6H3,(H,24,25)/b16-8-,17-12-. The minimum atomic E-state index is -0.702. The number of nitrogens with one attached hydrogen (secondary N) is 1. The van der Waals surface area contributed by atoms with Crippen LogP contribution < -0.4 is 5.32 Å². The highest BCUT2D eigenvalue weighted by Crippen LogP contribution is 2.16. The maximum absolute atomic E-state index is 12.4. The number of allylic oxidation sites excluding steroid dienone is 3. The smallest absolute Gasteiger partial charge is 0.329 e. The second-order valence-electron chi connectivity index (χ2n) is 7.62. The Morgan fingerprint density at radius 1 is 0.935 bits per heavy atom. The summed E-state index contributed by atoms with van der Waals surface area (Å²) in [6.45, 7) is 8.96. The van der Waals surface area contributed by atoms with Gasteiger partial charge < -0.3 is 14.8 Å². The van der Waals surface area contributed by atoms with Crippen LogP contribution in [-0.4, -0.2) is 54.9 Å². The van der Waals surface area contributed by atoms with Gasteiger partial charge in [0.05, 0.1) is 7.11 Å². The Bertz CT molecular complexity index is 671. The van der Waals surface area contributed by atoms with Crippen molar-refractivity contribution in [3.63, 3.8) is 0 Å². The van der Waals surface area contributed by atoms with E-state index >= 15 is 0 Å². The van der Waals surface area contributed by atoms with Crippen LogP contribution in [-0.2, 0) is 28.7 Å². The number of amides is 1. The minimum Gasteiger partial charge on any atom is -0.467 e. The lowest BCUT2D eigenvalue weighted by molar-refractivity contribution is -0.144. The molecule has 0 heterocycles. The lowest BCUT2D eigenvalue weighted by Gasteiger charge is -2.16. The maximum Gasteiger partial charge on any atom is 0.329 e. The Labute approximate surface area is 190 Å². The summed E-state index contributed by atoms with van der Waals surface area (Å²) in [7, 11) is 1.28. The average Bonchev–Trinajstić information content (AvgIpc) is 2.69. The summed E-state index contributed by atoms with van der Waals surface area (Å²) in [5, 5.41) is 2.56. The Kier molecular flexibility index (Phi) is 15.5. The molecule has 0 aliphatic rings. The van der Waals surface area contributed by atoms with E-state index in [1.165, 1.54) is 38.3 Å². The summed E-state index contributed by atoms with van der Waals surface area (Å²) in [5.41, 5.74) is 2.34. The fourth-order valence-corrected chi connectivity index (χ4v) is 3.76. The molecule has 0 aromatic carbocycles. The van der Waals surface area contributed by atoms with Crippen LogP contribution in [0, 0.1) is 5.92 Å². The number of ketones is 1. The maximum atomic E-state index is 12.4. The first-order valence-electron chi connectivity index (χ1n) is 10.5. The Morgan fingerprint density at radius 3 is 2.16 bits per heavy atom. The summed E-state index contributed by atoms with van der Waals surface area (Å²) in [4.78, 5) is 46.0. The number of rotatable bonds is 15. The van der Waals surface area contributed by atoms with Gasteiger partial charge in [-0.1, -0.05) is 24.1 Å². The molecular weight excluding hydrogens is 418 g/mol. The van der Waals surface area contributed by atoms with Gasteiger partial charge in [-0.15, -0.1) is 0 Å². The first-order valence-corrected chi connectivity index (χ1v) is 11.6. The third kappa shape index (κ3) is 15.4. The molecule has 0 aromatic rings. The lowest BCUT2D eigenvalue weighted by atomic mass is 10.0. The average molecular weight is 456 g/mol. The van der Waals surface area contributed by atoms with Crippen molar-refractivity contribution in [2.24, 2.45) is 5.92 Å². The second-order valence-corrected chi connectivity index (χ2v) is 8.70. The van der Waals surface area contributed by atoms with E-state index in [4.69, 9.17) is 9.47 Å². The quantitative estimate of drug-likeness (QED) is 0.297. The van der Waals surface area contributed by atoms with Gasteiger partial charge in [-0.05, 0) is 39.2 Å². The summed E-state index contributed by atoms with van der Waals surface area (Å²) in [5.74, 6) is -0.0510. The molecular formula is C23H37NO6S. The van der Waals surface area contributed by atoms with Crippen molar-refractivity contribution in [3.8, 4) is 0 Å². The highest BCUT2D eigenvalue weighted by atomic mass is 32.2. The van der Waals surface area contributed by atoms with Gasteiger partial charge in [0.2, 0.25) is 5.91 Å². The molecule has 0 spiro atoms. The highest BCUT2D eigenvalue weighted by Gasteiger charge is 2.21. The minimum absolute atomic E-state index is 0.125. The van der Waals surface area contributed by atoms with E-state index < -0.39 is 12.0 Å². The monoisotopic (exact) mass is 455 g/mol. The summed E-state index contributed by atoms with van der Waals surface area (Å²) in [6, 6.07) is -0.702. The highest BCUT2D eigenvalue weighted by molar-refractivity contribution is 7.99. The summed E-state index contributed by atoms with van der Waals surface area (Å²) < 4.78 is 9.59. The molecule has 176 valence electrons. The molecule has 2 atom stereocenters. The molecule has 8 heteroatoms. The molecule has 31 heavy (non-hydrogen) atoms. The fraction of sp³-hybridized carbons (Fsp3) is 0.652. The molecule has 0 aromatic heterocycles.